The molecule has 2 aliphatic heterocycles. The Morgan fingerprint density at radius 1 is 1.39 bits per heavy atom. The zero-order valence-corrected chi connectivity index (χ0v) is 10.6. The lowest BCUT2D eigenvalue weighted by atomic mass is 10.1. The number of aromatic nitrogens is 2. The molecule has 3 N–H and O–H groups in total. The van der Waals surface area contributed by atoms with Crippen molar-refractivity contribution < 1.29 is 0 Å². The average Bonchev–Trinajstić information content (AvgIpc) is 2.58. The molecule has 2 unspecified atom stereocenters. The Balaban J connectivity index is 1.89. The number of rotatable bonds is 1. The number of anilines is 2. The van der Waals surface area contributed by atoms with Gasteiger partial charge in [-0.15, -0.1) is 0 Å². The number of nitrogens with two attached hydrogens (primary N) is 1. The largest absolute Gasteiger partial charge is 0.391 e. The van der Waals surface area contributed by atoms with Gasteiger partial charge in [-0.05, 0) is 26.3 Å². The SMILES string of the molecule is CN1C2CCC1CN(c1nc[nH]c(=O)c1N)CC2. The number of H-pyrrole nitrogens is 1. The summed E-state index contributed by atoms with van der Waals surface area (Å²) in [5.74, 6) is 0.639. The van der Waals surface area contributed by atoms with Gasteiger partial charge in [-0.3, -0.25) is 9.69 Å². The summed E-state index contributed by atoms with van der Waals surface area (Å²) >= 11 is 0. The molecule has 3 rings (SSSR count). The Bertz CT molecular complexity index is 499. The minimum atomic E-state index is -0.247. The highest BCUT2D eigenvalue weighted by atomic mass is 16.1. The molecule has 2 atom stereocenters. The van der Waals surface area contributed by atoms with E-state index in [1.807, 2.05) is 0 Å². The molecular formula is C12H19N5O. The normalized spacial score (nSPS) is 28.4. The first-order valence-corrected chi connectivity index (χ1v) is 6.47. The third-order valence-corrected chi connectivity index (χ3v) is 4.32. The number of likely N-dealkylation sites (N-methyl/N-ethyl adjacent to an activating group) is 1. The fourth-order valence-corrected chi connectivity index (χ4v) is 3.15. The quantitative estimate of drug-likeness (QED) is 0.734. The zero-order valence-electron chi connectivity index (χ0n) is 10.6. The molecule has 0 spiro atoms. The van der Waals surface area contributed by atoms with Gasteiger partial charge in [0.15, 0.2) is 5.82 Å². The summed E-state index contributed by atoms with van der Waals surface area (Å²) in [6.45, 7) is 1.83. The molecule has 0 saturated carbocycles. The summed E-state index contributed by atoms with van der Waals surface area (Å²) in [6, 6.07) is 1.22. The van der Waals surface area contributed by atoms with Crippen molar-refractivity contribution in [1.82, 2.24) is 14.9 Å². The van der Waals surface area contributed by atoms with E-state index in [2.05, 4.69) is 26.8 Å². The van der Waals surface area contributed by atoms with Crippen LogP contribution in [0.5, 0.6) is 0 Å². The number of nitrogen functional groups attached to an aromatic ring is 1. The van der Waals surface area contributed by atoms with Gasteiger partial charge >= 0.3 is 0 Å². The predicted molar refractivity (Wildman–Crippen MR) is 70.7 cm³/mol. The zero-order chi connectivity index (χ0) is 12.7. The van der Waals surface area contributed by atoms with Gasteiger partial charge in [-0.25, -0.2) is 4.98 Å². The first-order valence-electron chi connectivity index (χ1n) is 6.47. The smallest absolute Gasteiger partial charge is 0.276 e. The third-order valence-electron chi connectivity index (χ3n) is 4.32. The Labute approximate surface area is 106 Å². The van der Waals surface area contributed by atoms with Crippen LogP contribution in [0, 0.1) is 0 Å². The number of nitrogens with zero attached hydrogens (tertiary/aromatic N) is 3. The minimum Gasteiger partial charge on any atom is -0.391 e. The van der Waals surface area contributed by atoms with Crippen LogP contribution in [-0.2, 0) is 0 Å². The standard InChI is InChI=1S/C12H19N5O/c1-16-8-2-3-9(16)6-17(5-4-8)11-10(13)12(18)15-7-14-11/h7-9H,2-6,13H2,1H3,(H,14,15,18). The summed E-state index contributed by atoms with van der Waals surface area (Å²) < 4.78 is 0. The lowest BCUT2D eigenvalue weighted by Gasteiger charge is -2.27. The molecule has 6 nitrogen and oxygen atoms in total. The van der Waals surface area contributed by atoms with Gasteiger partial charge in [0.05, 0.1) is 6.33 Å². The van der Waals surface area contributed by atoms with Crippen LogP contribution in [0.25, 0.3) is 0 Å². The minimum absolute atomic E-state index is 0.234. The first-order chi connectivity index (χ1) is 8.66. The molecule has 1 aromatic heterocycles. The molecule has 3 heterocycles. The van der Waals surface area contributed by atoms with Crippen molar-refractivity contribution in [2.75, 3.05) is 30.8 Å². The van der Waals surface area contributed by atoms with E-state index < -0.39 is 0 Å². The Morgan fingerprint density at radius 3 is 3.00 bits per heavy atom. The fraction of sp³-hybridized carbons (Fsp3) is 0.667. The lowest BCUT2D eigenvalue weighted by molar-refractivity contribution is 0.254. The maximum absolute atomic E-state index is 11.5. The molecule has 6 heteroatoms. The Hall–Kier alpha value is -1.56. The van der Waals surface area contributed by atoms with Gasteiger partial charge in [-0.1, -0.05) is 0 Å². The van der Waals surface area contributed by atoms with Crippen molar-refractivity contribution in [2.45, 2.75) is 31.3 Å². The van der Waals surface area contributed by atoms with E-state index in [-0.39, 0.29) is 11.2 Å². The first kappa shape index (κ1) is 11.5. The fourth-order valence-electron chi connectivity index (χ4n) is 3.15. The number of aromatic amines is 1. The van der Waals surface area contributed by atoms with Crippen LogP contribution < -0.4 is 16.2 Å². The predicted octanol–water partition coefficient (Wildman–Crippen LogP) is 0.0250. The summed E-state index contributed by atoms with van der Waals surface area (Å²) in [5, 5.41) is 0. The highest BCUT2D eigenvalue weighted by molar-refractivity contribution is 5.61. The van der Waals surface area contributed by atoms with Crippen LogP contribution in [0.15, 0.2) is 11.1 Å². The van der Waals surface area contributed by atoms with E-state index in [1.54, 1.807) is 0 Å². The maximum atomic E-state index is 11.5. The number of hydrogen-bond donors (Lipinski definition) is 2. The number of hydrogen-bond acceptors (Lipinski definition) is 5. The topological polar surface area (TPSA) is 78.2 Å². The second-order valence-corrected chi connectivity index (χ2v) is 5.25. The van der Waals surface area contributed by atoms with E-state index in [0.29, 0.717) is 17.9 Å². The molecule has 0 aromatic carbocycles. The van der Waals surface area contributed by atoms with Crippen molar-refractivity contribution in [3.05, 3.63) is 16.7 Å². The highest BCUT2D eigenvalue weighted by Gasteiger charge is 2.35. The van der Waals surface area contributed by atoms with Crippen LogP contribution >= 0.6 is 0 Å². The van der Waals surface area contributed by atoms with Gasteiger partial charge < -0.3 is 15.6 Å². The Kier molecular flexibility index (Phi) is 2.74. The van der Waals surface area contributed by atoms with Crippen molar-refractivity contribution in [1.29, 1.82) is 0 Å². The van der Waals surface area contributed by atoms with Gasteiger partial charge in [0.1, 0.15) is 5.69 Å². The molecular weight excluding hydrogens is 230 g/mol. The van der Waals surface area contributed by atoms with Gasteiger partial charge in [0, 0.05) is 25.2 Å². The van der Waals surface area contributed by atoms with Crippen molar-refractivity contribution in [3.8, 4) is 0 Å². The Morgan fingerprint density at radius 2 is 2.17 bits per heavy atom. The highest BCUT2D eigenvalue weighted by Crippen LogP contribution is 2.30. The molecule has 1 aromatic rings. The van der Waals surface area contributed by atoms with Gasteiger partial charge in [0.2, 0.25) is 0 Å². The second kappa shape index (κ2) is 4.28. The summed E-state index contributed by atoms with van der Waals surface area (Å²) in [5.41, 5.74) is 5.82. The van der Waals surface area contributed by atoms with Crippen LogP contribution in [-0.4, -0.2) is 47.1 Å². The van der Waals surface area contributed by atoms with E-state index in [0.717, 1.165) is 19.5 Å². The second-order valence-electron chi connectivity index (χ2n) is 5.25. The van der Waals surface area contributed by atoms with Crippen LogP contribution in [0.4, 0.5) is 11.5 Å². The van der Waals surface area contributed by atoms with Crippen molar-refractivity contribution >= 4 is 11.5 Å². The van der Waals surface area contributed by atoms with Crippen LogP contribution in [0.1, 0.15) is 19.3 Å². The summed E-state index contributed by atoms with van der Waals surface area (Å²) in [7, 11) is 2.19. The van der Waals surface area contributed by atoms with Crippen molar-refractivity contribution in [2.24, 2.45) is 0 Å². The number of nitrogens with one attached hydrogen (secondary N) is 1. The molecule has 2 saturated heterocycles. The molecule has 2 bridgehead atoms. The van der Waals surface area contributed by atoms with Crippen LogP contribution in [0.3, 0.4) is 0 Å². The molecule has 0 amide bonds. The van der Waals surface area contributed by atoms with Crippen LogP contribution in [0.2, 0.25) is 0 Å². The summed E-state index contributed by atoms with van der Waals surface area (Å²) in [4.78, 5) is 22.9. The van der Waals surface area contributed by atoms with Gasteiger partial charge in [0.25, 0.3) is 5.56 Å². The molecule has 0 radical (unpaired) electrons. The molecule has 18 heavy (non-hydrogen) atoms. The summed E-state index contributed by atoms with van der Waals surface area (Å²) in [6.07, 6.45) is 5.05. The monoisotopic (exact) mass is 249 g/mol. The molecule has 2 fully saturated rings. The molecule has 2 aliphatic rings. The molecule has 98 valence electrons. The van der Waals surface area contributed by atoms with E-state index in [1.165, 1.54) is 19.2 Å². The van der Waals surface area contributed by atoms with E-state index in [9.17, 15) is 4.79 Å². The average molecular weight is 249 g/mol. The number of fused-ring (bicyclic) bond motifs is 2. The molecule has 0 aliphatic carbocycles. The third kappa shape index (κ3) is 1.77. The van der Waals surface area contributed by atoms with Crippen molar-refractivity contribution in [3.63, 3.8) is 0 Å². The van der Waals surface area contributed by atoms with E-state index >= 15 is 0 Å². The lowest BCUT2D eigenvalue weighted by Crippen LogP contribution is -2.37. The van der Waals surface area contributed by atoms with Gasteiger partial charge in [-0.2, -0.15) is 0 Å². The van der Waals surface area contributed by atoms with E-state index in [4.69, 9.17) is 5.73 Å². The maximum Gasteiger partial charge on any atom is 0.276 e.